The Morgan fingerprint density at radius 2 is 1.85 bits per heavy atom. The Bertz CT molecular complexity index is 690. The first kappa shape index (κ1) is 17.5. The fraction of sp³-hybridized carbons (Fsp3) is 0.650. The van der Waals surface area contributed by atoms with Crippen LogP contribution in [0.3, 0.4) is 0 Å². The molecule has 26 heavy (non-hydrogen) atoms. The Morgan fingerprint density at radius 3 is 2.54 bits per heavy atom. The van der Waals surface area contributed by atoms with Crippen molar-refractivity contribution in [3.05, 3.63) is 23.3 Å². The van der Waals surface area contributed by atoms with Crippen LogP contribution >= 0.6 is 0 Å². The van der Waals surface area contributed by atoms with E-state index in [1.54, 1.807) is 0 Å². The molecule has 1 aromatic rings. The molecule has 0 spiro atoms. The number of benzene rings is 1. The quantitative estimate of drug-likeness (QED) is 0.876. The van der Waals surface area contributed by atoms with Crippen molar-refractivity contribution in [1.82, 2.24) is 10.2 Å². The number of carbonyl (C=O) groups excluding carboxylic acids is 1. The first-order chi connectivity index (χ1) is 12.4. The summed E-state index contributed by atoms with van der Waals surface area (Å²) in [6.07, 6.45) is 3.83. The van der Waals surface area contributed by atoms with Gasteiger partial charge in [-0.1, -0.05) is 0 Å². The predicted octanol–water partition coefficient (Wildman–Crippen LogP) is 3.39. The molecule has 2 aliphatic heterocycles. The molecule has 1 amide bonds. The fourth-order valence-electron chi connectivity index (χ4n) is 4.18. The normalized spacial score (nSPS) is 23.0. The van der Waals surface area contributed by atoms with Gasteiger partial charge in [0.25, 0.3) is 0 Å². The van der Waals surface area contributed by atoms with Gasteiger partial charge in [-0.25, -0.2) is 4.79 Å². The van der Waals surface area contributed by atoms with Crippen molar-refractivity contribution in [1.29, 1.82) is 0 Å². The van der Waals surface area contributed by atoms with Crippen LogP contribution in [0.2, 0.25) is 0 Å². The van der Waals surface area contributed by atoms with Crippen molar-refractivity contribution >= 4 is 6.09 Å². The molecule has 3 aliphatic rings. The maximum atomic E-state index is 12.0. The largest absolute Gasteiger partial charge is 0.454 e. The van der Waals surface area contributed by atoms with Gasteiger partial charge in [0.1, 0.15) is 5.60 Å². The number of hydrogen-bond donors (Lipinski definition) is 1. The molecule has 6 heteroatoms. The Kier molecular flexibility index (Phi) is 4.47. The lowest BCUT2D eigenvalue weighted by Crippen LogP contribution is -2.46. The molecular weight excluding hydrogens is 332 g/mol. The lowest BCUT2D eigenvalue weighted by Gasteiger charge is -2.36. The highest BCUT2D eigenvalue weighted by Gasteiger charge is 2.33. The summed E-state index contributed by atoms with van der Waals surface area (Å²) in [4.78, 5) is 14.5. The molecule has 6 nitrogen and oxygen atoms in total. The summed E-state index contributed by atoms with van der Waals surface area (Å²) in [7, 11) is 0. The van der Waals surface area contributed by atoms with Gasteiger partial charge in [-0.3, -0.25) is 4.90 Å². The number of nitrogens with zero attached hydrogens (tertiary/aromatic N) is 1. The lowest BCUT2D eigenvalue weighted by atomic mass is 10.00. The number of alkyl carbamates (subject to hydrolysis) is 1. The second-order valence-electron chi connectivity index (χ2n) is 8.42. The molecule has 0 saturated carbocycles. The van der Waals surface area contributed by atoms with Gasteiger partial charge in [-0.15, -0.1) is 0 Å². The van der Waals surface area contributed by atoms with E-state index in [4.69, 9.17) is 14.2 Å². The maximum Gasteiger partial charge on any atom is 0.407 e. The molecule has 1 N–H and O–H groups in total. The van der Waals surface area contributed by atoms with Gasteiger partial charge < -0.3 is 19.5 Å². The monoisotopic (exact) mass is 360 g/mol. The fourth-order valence-corrected chi connectivity index (χ4v) is 4.18. The van der Waals surface area contributed by atoms with Crippen molar-refractivity contribution in [3.8, 4) is 11.5 Å². The summed E-state index contributed by atoms with van der Waals surface area (Å²) in [5.74, 6) is 1.75. The third kappa shape index (κ3) is 3.61. The van der Waals surface area contributed by atoms with Crippen molar-refractivity contribution in [2.45, 2.75) is 64.1 Å². The number of nitrogens with one attached hydrogen (secondary N) is 1. The number of aryl methyl sites for hydroxylation is 1. The van der Waals surface area contributed by atoms with Gasteiger partial charge in [0.05, 0.1) is 0 Å². The zero-order valence-corrected chi connectivity index (χ0v) is 15.8. The Labute approximate surface area is 154 Å². The third-order valence-electron chi connectivity index (χ3n) is 5.37. The number of likely N-dealkylation sites (tertiary alicyclic amines) is 1. The minimum absolute atomic E-state index is 0.193. The van der Waals surface area contributed by atoms with E-state index < -0.39 is 5.60 Å². The van der Waals surface area contributed by atoms with Gasteiger partial charge in [0.15, 0.2) is 11.5 Å². The van der Waals surface area contributed by atoms with Gasteiger partial charge in [0, 0.05) is 25.2 Å². The van der Waals surface area contributed by atoms with E-state index >= 15 is 0 Å². The van der Waals surface area contributed by atoms with E-state index in [-0.39, 0.29) is 12.1 Å². The minimum atomic E-state index is -0.454. The molecule has 1 aromatic carbocycles. The number of ether oxygens (including phenoxy) is 3. The summed E-state index contributed by atoms with van der Waals surface area (Å²) in [5.41, 5.74) is 2.31. The molecule has 1 saturated heterocycles. The number of amides is 1. The first-order valence-corrected chi connectivity index (χ1v) is 9.55. The van der Waals surface area contributed by atoms with Crippen LogP contribution < -0.4 is 14.8 Å². The highest BCUT2D eigenvalue weighted by Crippen LogP contribution is 2.44. The van der Waals surface area contributed by atoms with Crippen LogP contribution in [0.1, 0.15) is 57.2 Å². The molecule has 142 valence electrons. The molecule has 0 radical (unpaired) electrons. The summed E-state index contributed by atoms with van der Waals surface area (Å²) in [5, 5.41) is 3.02. The molecule has 0 bridgehead atoms. The highest BCUT2D eigenvalue weighted by atomic mass is 16.7. The van der Waals surface area contributed by atoms with Crippen LogP contribution in [0.4, 0.5) is 4.79 Å². The van der Waals surface area contributed by atoms with E-state index in [1.807, 2.05) is 20.8 Å². The number of carbonyl (C=O) groups is 1. The average Bonchev–Trinajstić information content (AvgIpc) is 3.17. The Balaban J connectivity index is 1.35. The number of hydrogen-bond acceptors (Lipinski definition) is 5. The van der Waals surface area contributed by atoms with E-state index in [9.17, 15) is 4.79 Å². The predicted molar refractivity (Wildman–Crippen MR) is 97.6 cm³/mol. The van der Waals surface area contributed by atoms with Crippen LogP contribution in [-0.2, 0) is 11.2 Å². The maximum absolute atomic E-state index is 12.0. The summed E-state index contributed by atoms with van der Waals surface area (Å²) < 4.78 is 16.4. The smallest absolute Gasteiger partial charge is 0.407 e. The van der Waals surface area contributed by atoms with E-state index in [0.717, 1.165) is 50.3 Å². The van der Waals surface area contributed by atoms with Crippen molar-refractivity contribution < 1.29 is 19.0 Å². The van der Waals surface area contributed by atoms with Crippen LogP contribution in [0.25, 0.3) is 0 Å². The van der Waals surface area contributed by atoms with E-state index in [1.165, 1.54) is 11.1 Å². The van der Waals surface area contributed by atoms with Crippen molar-refractivity contribution in [3.63, 3.8) is 0 Å². The van der Waals surface area contributed by atoms with Gasteiger partial charge in [-0.2, -0.15) is 0 Å². The Morgan fingerprint density at radius 1 is 1.15 bits per heavy atom. The lowest BCUT2D eigenvalue weighted by molar-refractivity contribution is 0.0467. The molecule has 0 aromatic heterocycles. The standard InChI is InChI=1S/C20H28N2O4/c1-20(2,3)26-19(23)21-14-6-8-22(9-7-14)16-5-4-13-10-17-18(11-15(13)16)25-12-24-17/h10-11,14,16H,4-9,12H2,1-3H3,(H,21,23). The SMILES string of the molecule is CC(C)(C)OC(=O)NC1CCN(C2CCc3cc4c(cc32)OCO4)CC1. The molecule has 1 unspecified atom stereocenters. The van der Waals surface area contributed by atoms with Gasteiger partial charge in [0.2, 0.25) is 6.79 Å². The number of fused-ring (bicyclic) bond motifs is 2. The van der Waals surface area contributed by atoms with Crippen LogP contribution in [0.15, 0.2) is 12.1 Å². The molecule has 1 atom stereocenters. The molecular formula is C20H28N2O4. The van der Waals surface area contributed by atoms with Crippen molar-refractivity contribution in [2.24, 2.45) is 0 Å². The summed E-state index contributed by atoms with van der Waals surface area (Å²) >= 11 is 0. The molecule has 4 rings (SSSR count). The van der Waals surface area contributed by atoms with Crippen molar-refractivity contribution in [2.75, 3.05) is 19.9 Å². The molecule has 2 heterocycles. The molecule has 1 fully saturated rings. The number of rotatable bonds is 2. The number of piperidine rings is 1. The minimum Gasteiger partial charge on any atom is -0.454 e. The van der Waals surface area contributed by atoms with E-state index in [0.29, 0.717) is 12.8 Å². The third-order valence-corrected chi connectivity index (χ3v) is 5.37. The van der Waals surface area contributed by atoms with Gasteiger partial charge in [-0.05, 0) is 69.7 Å². The second-order valence-corrected chi connectivity index (χ2v) is 8.42. The summed E-state index contributed by atoms with van der Waals surface area (Å²) in [6, 6.07) is 4.95. The molecule has 1 aliphatic carbocycles. The topological polar surface area (TPSA) is 60.0 Å². The van der Waals surface area contributed by atoms with E-state index in [2.05, 4.69) is 22.3 Å². The first-order valence-electron chi connectivity index (χ1n) is 9.55. The second kappa shape index (κ2) is 6.65. The zero-order valence-electron chi connectivity index (χ0n) is 15.8. The average molecular weight is 360 g/mol. The van der Waals surface area contributed by atoms with Crippen LogP contribution in [0.5, 0.6) is 11.5 Å². The zero-order chi connectivity index (χ0) is 18.3. The van der Waals surface area contributed by atoms with Gasteiger partial charge >= 0.3 is 6.09 Å². The highest BCUT2D eigenvalue weighted by molar-refractivity contribution is 5.68. The van der Waals surface area contributed by atoms with Crippen LogP contribution in [0, 0.1) is 0 Å². The Hall–Kier alpha value is -1.95. The summed E-state index contributed by atoms with van der Waals surface area (Å²) in [6.45, 7) is 7.96. The van der Waals surface area contributed by atoms with Crippen LogP contribution in [-0.4, -0.2) is 42.5 Å².